The molecule has 0 spiro atoms. The summed E-state index contributed by atoms with van der Waals surface area (Å²) in [6, 6.07) is 3.40. The molecule has 0 saturated carbocycles. The number of rotatable bonds is 5. The van der Waals surface area contributed by atoms with Gasteiger partial charge in [-0.05, 0) is 28.1 Å². The summed E-state index contributed by atoms with van der Waals surface area (Å²) >= 11 is 4.52. The molecule has 1 aliphatic rings. The predicted octanol–water partition coefficient (Wildman–Crippen LogP) is 2.09. The molecule has 0 aliphatic carbocycles. The van der Waals surface area contributed by atoms with E-state index in [1.54, 1.807) is 12.1 Å². The maximum Gasteiger partial charge on any atom is 0.303 e. The van der Waals surface area contributed by atoms with Crippen molar-refractivity contribution in [3.63, 3.8) is 0 Å². The van der Waals surface area contributed by atoms with Gasteiger partial charge >= 0.3 is 17.9 Å². The Labute approximate surface area is 163 Å². The topological polar surface area (TPSA) is 101 Å². The molecule has 1 aromatic heterocycles. The highest BCUT2D eigenvalue weighted by atomic mass is 79.9. The zero-order chi connectivity index (χ0) is 19.3. The molecule has 0 N–H and O–H groups in total. The van der Waals surface area contributed by atoms with Gasteiger partial charge in [-0.25, -0.2) is 4.98 Å². The zero-order valence-electron chi connectivity index (χ0n) is 14.3. The summed E-state index contributed by atoms with van der Waals surface area (Å²) in [4.78, 5) is 38.5. The molecule has 1 aromatic rings. The lowest BCUT2D eigenvalue weighted by Gasteiger charge is -2.39. The Bertz CT molecular complexity index is 669. The van der Waals surface area contributed by atoms with Crippen LogP contribution in [0.4, 0.5) is 0 Å². The fraction of sp³-hybridized carbons (Fsp3) is 0.500. The quantitative estimate of drug-likeness (QED) is 0.381. The highest BCUT2D eigenvalue weighted by Gasteiger charge is 2.47. The van der Waals surface area contributed by atoms with Gasteiger partial charge in [0.25, 0.3) is 0 Å². The van der Waals surface area contributed by atoms with Gasteiger partial charge in [-0.2, -0.15) is 0 Å². The molecule has 1 saturated heterocycles. The molecule has 0 aromatic carbocycles. The molecule has 4 atom stereocenters. The molecule has 0 radical (unpaired) electrons. The number of esters is 3. The van der Waals surface area contributed by atoms with E-state index in [0.29, 0.717) is 16.1 Å². The maximum absolute atomic E-state index is 11.6. The number of pyridine rings is 1. The van der Waals surface area contributed by atoms with Crippen molar-refractivity contribution < 1.29 is 33.3 Å². The van der Waals surface area contributed by atoms with Gasteiger partial charge < -0.3 is 18.9 Å². The SMILES string of the molecule is CC(=O)O[C@H]1[C@H](OC(C)=O)CSC(Oc2ccc(Br)nc2)[C@@H]1OC(C)=O. The van der Waals surface area contributed by atoms with Crippen molar-refractivity contribution in [2.75, 3.05) is 5.75 Å². The minimum absolute atomic E-state index is 0.309. The van der Waals surface area contributed by atoms with Crippen LogP contribution in [0.5, 0.6) is 5.75 Å². The fourth-order valence-corrected chi connectivity index (χ4v) is 3.83. The normalized spacial score (nSPS) is 25.1. The van der Waals surface area contributed by atoms with Crippen molar-refractivity contribution in [1.82, 2.24) is 4.98 Å². The lowest BCUT2D eigenvalue weighted by molar-refractivity contribution is -0.186. The van der Waals surface area contributed by atoms with Crippen LogP contribution < -0.4 is 4.74 Å². The molecule has 1 aliphatic heterocycles. The van der Waals surface area contributed by atoms with Crippen LogP contribution in [0.1, 0.15) is 20.8 Å². The van der Waals surface area contributed by atoms with Crippen molar-refractivity contribution in [1.29, 1.82) is 0 Å². The van der Waals surface area contributed by atoms with Crippen molar-refractivity contribution in [3.05, 3.63) is 22.9 Å². The first-order valence-corrected chi connectivity index (χ1v) is 9.52. The van der Waals surface area contributed by atoms with Crippen LogP contribution in [-0.4, -0.2) is 52.4 Å². The molecule has 2 heterocycles. The van der Waals surface area contributed by atoms with Crippen molar-refractivity contribution in [2.45, 2.75) is 44.5 Å². The number of carbonyl (C=O) groups is 3. The second-order valence-electron chi connectivity index (χ2n) is 5.43. The van der Waals surface area contributed by atoms with Crippen LogP contribution in [0.15, 0.2) is 22.9 Å². The minimum atomic E-state index is -0.977. The Hall–Kier alpha value is -1.81. The van der Waals surface area contributed by atoms with Crippen LogP contribution in [0.2, 0.25) is 0 Å². The molecule has 1 unspecified atom stereocenters. The van der Waals surface area contributed by atoms with Crippen LogP contribution in [0.25, 0.3) is 0 Å². The molecular weight excluding hydrogens is 430 g/mol. The third-order valence-electron chi connectivity index (χ3n) is 3.26. The van der Waals surface area contributed by atoms with E-state index < -0.39 is 41.7 Å². The van der Waals surface area contributed by atoms with Crippen LogP contribution >= 0.6 is 27.7 Å². The third-order valence-corrected chi connectivity index (χ3v) is 4.94. The number of ether oxygens (including phenoxy) is 4. The third kappa shape index (κ3) is 5.87. The first-order valence-electron chi connectivity index (χ1n) is 7.67. The number of nitrogens with zero attached hydrogens (tertiary/aromatic N) is 1. The number of carbonyl (C=O) groups excluding carboxylic acids is 3. The monoisotopic (exact) mass is 447 g/mol. The second-order valence-corrected chi connectivity index (χ2v) is 7.38. The van der Waals surface area contributed by atoms with Crippen molar-refractivity contribution >= 4 is 45.6 Å². The van der Waals surface area contributed by atoms with E-state index in [9.17, 15) is 14.4 Å². The van der Waals surface area contributed by atoms with Gasteiger partial charge in [0.2, 0.25) is 0 Å². The van der Waals surface area contributed by atoms with Crippen LogP contribution in [0, 0.1) is 0 Å². The van der Waals surface area contributed by atoms with Gasteiger partial charge in [-0.3, -0.25) is 14.4 Å². The summed E-state index contributed by atoms with van der Waals surface area (Å²) in [5.74, 6) is -0.913. The average Bonchev–Trinajstić information content (AvgIpc) is 2.53. The number of aromatic nitrogens is 1. The van der Waals surface area contributed by atoms with E-state index in [2.05, 4.69) is 20.9 Å². The maximum atomic E-state index is 11.6. The highest BCUT2D eigenvalue weighted by Crippen LogP contribution is 2.34. The van der Waals surface area contributed by atoms with Crippen LogP contribution in [-0.2, 0) is 28.6 Å². The van der Waals surface area contributed by atoms with Gasteiger partial charge in [0.05, 0.1) is 6.20 Å². The molecule has 2 rings (SSSR count). The first kappa shape index (κ1) is 20.5. The van der Waals surface area contributed by atoms with E-state index in [4.69, 9.17) is 18.9 Å². The van der Waals surface area contributed by atoms with Crippen molar-refractivity contribution in [3.8, 4) is 5.75 Å². The Balaban J connectivity index is 2.25. The zero-order valence-corrected chi connectivity index (χ0v) is 16.7. The lowest BCUT2D eigenvalue weighted by Crippen LogP contribution is -2.55. The molecule has 8 nitrogen and oxygen atoms in total. The molecule has 26 heavy (non-hydrogen) atoms. The Morgan fingerprint density at radius 3 is 2.19 bits per heavy atom. The number of halogens is 1. The smallest absolute Gasteiger partial charge is 0.303 e. The van der Waals surface area contributed by atoms with E-state index in [-0.39, 0.29) is 0 Å². The number of hydrogen-bond acceptors (Lipinski definition) is 9. The second kappa shape index (κ2) is 9.22. The fourth-order valence-electron chi connectivity index (χ4n) is 2.38. The van der Waals surface area contributed by atoms with E-state index in [1.807, 2.05) is 0 Å². The van der Waals surface area contributed by atoms with E-state index >= 15 is 0 Å². The van der Waals surface area contributed by atoms with Gasteiger partial charge in [0, 0.05) is 26.5 Å². The Kier molecular flexibility index (Phi) is 7.27. The Morgan fingerprint density at radius 2 is 1.65 bits per heavy atom. The number of hydrogen-bond donors (Lipinski definition) is 0. The van der Waals surface area contributed by atoms with E-state index in [0.717, 1.165) is 0 Å². The first-order chi connectivity index (χ1) is 12.3. The summed E-state index contributed by atoms with van der Waals surface area (Å²) in [6.45, 7) is 3.72. The summed E-state index contributed by atoms with van der Waals surface area (Å²) in [7, 11) is 0. The molecule has 10 heteroatoms. The largest absolute Gasteiger partial charge is 0.474 e. The molecular formula is C16H18BrNO7S. The Morgan fingerprint density at radius 1 is 1.04 bits per heavy atom. The molecule has 142 valence electrons. The van der Waals surface area contributed by atoms with Gasteiger partial charge in [0.15, 0.2) is 23.7 Å². The summed E-state index contributed by atoms with van der Waals surface area (Å²) in [6.07, 6.45) is -1.18. The summed E-state index contributed by atoms with van der Waals surface area (Å²) in [5, 5.41) is 0. The molecule has 0 amide bonds. The molecule has 0 bridgehead atoms. The molecule has 1 fully saturated rings. The van der Waals surface area contributed by atoms with Gasteiger partial charge in [0.1, 0.15) is 10.4 Å². The van der Waals surface area contributed by atoms with E-state index in [1.165, 1.54) is 38.7 Å². The highest BCUT2D eigenvalue weighted by molar-refractivity contribution is 9.10. The minimum Gasteiger partial charge on any atom is -0.474 e. The standard InChI is InChI=1S/C16H18BrNO7S/c1-8(19)22-12-7-26-16(25-11-4-5-13(17)18-6-11)15(24-10(3)21)14(12)23-9(2)20/h4-6,12,14-16H,7H2,1-3H3/t12-,14+,15-,16?/m1/s1. The number of thioether (sulfide) groups is 1. The summed E-state index contributed by atoms with van der Waals surface area (Å²) in [5.41, 5.74) is -0.668. The predicted molar refractivity (Wildman–Crippen MR) is 95.5 cm³/mol. The van der Waals surface area contributed by atoms with Crippen LogP contribution in [0.3, 0.4) is 0 Å². The van der Waals surface area contributed by atoms with Gasteiger partial charge in [-0.15, -0.1) is 11.8 Å². The van der Waals surface area contributed by atoms with Gasteiger partial charge in [-0.1, -0.05) is 0 Å². The summed E-state index contributed by atoms with van der Waals surface area (Å²) < 4.78 is 22.4. The lowest BCUT2D eigenvalue weighted by atomic mass is 10.1. The van der Waals surface area contributed by atoms with Crippen molar-refractivity contribution in [2.24, 2.45) is 0 Å². The average molecular weight is 448 g/mol.